The molecule has 1 amide bonds. The quantitative estimate of drug-likeness (QED) is 0.425. The number of carbonyl (C=O) groups is 2. The van der Waals surface area contributed by atoms with Gasteiger partial charge in [0.2, 0.25) is 5.91 Å². The number of hydrogen-bond acceptors (Lipinski definition) is 6. The van der Waals surface area contributed by atoms with E-state index in [-0.39, 0.29) is 74.9 Å². The Bertz CT molecular complexity index is 704. The van der Waals surface area contributed by atoms with Gasteiger partial charge >= 0.3 is 65.1 Å². The number of fused-ring (bicyclic) bond motifs is 1. The molecule has 22 heavy (non-hydrogen) atoms. The zero-order valence-electron chi connectivity index (χ0n) is 14.5. The smallest absolute Gasteiger partial charge is 1.00 e. The monoisotopic (exact) mass is 348 g/mol. The molecule has 3 rings (SSSR count). The summed E-state index contributed by atoms with van der Waals surface area (Å²) in [4.78, 5) is 24.0. The fourth-order valence-corrected chi connectivity index (χ4v) is 5.29. The van der Waals surface area contributed by atoms with Gasteiger partial charge in [0.25, 0.3) is 0 Å². The van der Waals surface area contributed by atoms with Crippen LogP contribution in [-0.2, 0) is 26.0 Å². The molecular weight excluding hydrogens is 334 g/mol. The van der Waals surface area contributed by atoms with E-state index in [2.05, 4.69) is 10.3 Å². The van der Waals surface area contributed by atoms with Crippen LogP contribution in [0.3, 0.4) is 0 Å². The molecule has 2 saturated heterocycles. The third-order valence-corrected chi connectivity index (χ3v) is 6.76. The third kappa shape index (κ3) is 2.58. The Balaban J connectivity index is 0. The summed E-state index contributed by atoms with van der Waals surface area (Å²) in [7, 11) is -3.80. The normalized spacial score (nSPS) is 31.5. The van der Waals surface area contributed by atoms with E-state index in [1.54, 1.807) is 0 Å². The van der Waals surface area contributed by atoms with Crippen LogP contribution in [0.5, 0.6) is 0 Å². The molecule has 2 aliphatic heterocycles. The fraction of sp³-hybridized carbons (Fsp3) is 0.600. The van der Waals surface area contributed by atoms with Crippen LogP contribution in [0, 0.1) is 0 Å². The fourth-order valence-electron chi connectivity index (χ4n) is 2.93. The molecule has 0 spiro atoms. The molecule has 0 aromatic carbocycles. The van der Waals surface area contributed by atoms with Crippen molar-refractivity contribution in [3.8, 4) is 0 Å². The van der Waals surface area contributed by atoms with Crippen LogP contribution >= 0.6 is 0 Å². The summed E-state index contributed by atoms with van der Waals surface area (Å²) in [6, 6.07) is -1.40. The van der Waals surface area contributed by atoms with Crippen molar-refractivity contribution in [1.82, 2.24) is 19.9 Å². The van der Waals surface area contributed by atoms with Crippen molar-refractivity contribution in [2.24, 2.45) is 0 Å². The van der Waals surface area contributed by atoms with Gasteiger partial charge in [-0.2, -0.15) is 0 Å². The first kappa shape index (κ1) is 20.1. The maximum absolute atomic E-state index is 12.5. The average molecular weight is 348 g/mol. The average Bonchev–Trinajstić information content (AvgIpc) is 2.87. The minimum absolute atomic E-state index is 0. The van der Waals surface area contributed by atoms with Gasteiger partial charge in [0, 0.05) is 6.20 Å². The minimum Gasteiger partial charge on any atom is -1.00 e. The molecule has 3 heterocycles. The van der Waals surface area contributed by atoms with Gasteiger partial charge in [-0.25, -0.2) is 13.2 Å². The molecule has 0 unspecified atom stereocenters. The molecule has 1 aromatic rings. The van der Waals surface area contributed by atoms with E-state index in [0.717, 1.165) is 4.90 Å². The molecule has 3 atom stereocenters. The molecule has 9 nitrogen and oxygen atoms in total. The molecular formula is C10H14N4Na2O5S. The second kappa shape index (κ2) is 6.50. The van der Waals surface area contributed by atoms with Gasteiger partial charge in [0.15, 0.2) is 15.9 Å². The molecule has 0 aliphatic carbocycles. The number of carboxylic acids is 1. The Morgan fingerprint density at radius 1 is 1.55 bits per heavy atom. The van der Waals surface area contributed by atoms with Crippen LogP contribution in [-0.4, -0.2) is 61.5 Å². The van der Waals surface area contributed by atoms with Crippen molar-refractivity contribution in [1.29, 1.82) is 0 Å². The zero-order chi connectivity index (χ0) is 14.7. The Morgan fingerprint density at radius 2 is 2.18 bits per heavy atom. The molecule has 2 fully saturated rings. The Morgan fingerprint density at radius 3 is 2.64 bits per heavy atom. The van der Waals surface area contributed by atoms with Gasteiger partial charge in [-0.3, -0.25) is 9.48 Å². The third-order valence-electron chi connectivity index (χ3n) is 3.99. The van der Waals surface area contributed by atoms with Crippen LogP contribution < -0.4 is 59.1 Å². The number of carbonyl (C=O) groups excluding carboxylic acids is 1. The van der Waals surface area contributed by atoms with Crippen molar-refractivity contribution in [2.45, 2.75) is 36.1 Å². The van der Waals surface area contributed by atoms with Gasteiger partial charge < -0.3 is 12.9 Å². The van der Waals surface area contributed by atoms with E-state index in [1.807, 2.05) is 0 Å². The number of β-lactam (4-membered cyclic amide) rings is 1. The first-order chi connectivity index (χ1) is 9.29. The van der Waals surface area contributed by atoms with Crippen LogP contribution in [0.4, 0.5) is 0 Å². The largest absolute Gasteiger partial charge is 1.00 e. The molecule has 12 heteroatoms. The van der Waals surface area contributed by atoms with Crippen molar-refractivity contribution < 1.29 is 85.1 Å². The predicted octanol–water partition coefficient (Wildman–Crippen LogP) is -7.29. The summed E-state index contributed by atoms with van der Waals surface area (Å²) in [5.41, 5.74) is 0. The first-order valence-corrected chi connectivity index (χ1v) is 7.45. The molecule has 1 N–H and O–H groups in total. The van der Waals surface area contributed by atoms with Gasteiger partial charge in [0.05, 0.1) is 19.2 Å². The molecule has 0 bridgehead atoms. The summed E-state index contributed by atoms with van der Waals surface area (Å²) >= 11 is 0. The number of carboxylic acid groups (broad SMARTS) is 1. The van der Waals surface area contributed by atoms with E-state index < -0.39 is 37.9 Å². The topological polar surface area (TPSA) is 122 Å². The van der Waals surface area contributed by atoms with Crippen LogP contribution in [0.15, 0.2) is 12.4 Å². The number of amides is 1. The molecule has 1 aromatic heterocycles. The number of sulfone groups is 1. The standard InChI is InChI=1S/C10H12N4O5S.2Na.2H/c1-10(5-13-3-2-11-12-13)8(9(16)17)14-6(15)4-7(14)20(10,18)19;;;;/h2-3,7-8H,4-5H2,1H3,(H,16,17);;;;/q;2*+1;2*-1/t7-,8+,10+;;;;/m1..../s1. The summed E-state index contributed by atoms with van der Waals surface area (Å²) < 4.78 is 24.7. The molecule has 2 aliphatic rings. The molecule has 112 valence electrons. The SMILES string of the molecule is C[C@]1(Cn2ccnn2)[C@H](C(=O)O)N2C(=O)C[C@H]2S1(=O)=O.[H-].[H-].[Na+].[Na+]. The number of aliphatic carboxylic acids is 1. The summed E-state index contributed by atoms with van der Waals surface area (Å²) in [5, 5.41) is 15.6. The summed E-state index contributed by atoms with van der Waals surface area (Å²) in [5.74, 6) is -1.78. The number of rotatable bonds is 3. The molecule has 0 radical (unpaired) electrons. The van der Waals surface area contributed by atoms with E-state index in [4.69, 9.17) is 0 Å². The predicted molar refractivity (Wildman–Crippen MR) is 66.2 cm³/mol. The van der Waals surface area contributed by atoms with Crippen LogP contribution in [0.2, 0.25) is 0 Å². The van der Waals surface area contributed by atoms with Gasteiger partial charge in [0.1, 0.15) is 10.1 Å². The van der Waals surface area contributed by atoms with E-state index >= 15 is 0 Å². The van der Waals surface area contributed by atoms with E-state index in [1.165, 1.54) is 24.0 Å². The van der Waals surface area contributed by atoms with Gasteiger partial charge in [-0.05, 0) is 6.92 Å². The van der Waals surface area contributed by atoms with Gasteiger partial charge in [-0.15, -0.1) is 5.10 Å². The van der Waals surface area contributed by atoms with Crippen LogP contribution in [0.1, 0.15) is 16.2 Å². The second-order valence-electron chi connectivity index (χ2n) is 5.16. The second-order valence-corrected chi connectivity index (χ2v) is 7.73. The number of hydrogen-bond donors (Lipinski definition) is 1. The molecule has 0 saturated carbocycles. The van der Waals surface area contributed by atoms with Crippen molar-refractivity contribution in [3.05, 3.63) is 12.4 Å². The number of aromatic nitrogens is 3. The maximum atomic E-state index is 12.5. The van der Waals surface area contributed by atoms with E-state index in [0.29, 0.717) is 0 Å². The summed E-state index contributed by atoms with van der Waals surface area (Å²) in [6.07, 6.45) is 2.68. The number of nitrogens with zero attached hydrogens (tertiary/aromatic N) is 4. The van der Waals surface area contributed by atoms with E-state index in [9.17, 15) is 23.1 Å². The Kier molecular flexibility index (Phi) is 5.93. The van der Waals surface area contributed by atoms with Gasteiger partial charge in [-0.1, -0.05) is 5.21 Å². The van der Waals surface area contributed by atoms with Crippen LogP contribution in [0.25, 0.3) is 0 Å². The Hall–Kier alpha value is 0.0300. The zero-order valence-corrected chi connectivity index (χ0v) is 17.3. The Labute approximate surface area is 173 Å². The maximum Gasteiger partial charge on any atom is 1.00 e. The summed E-state index contributed by atoms with van der Waals surface area (Å²) in [6.45, 7) is 1.18. The van der Waals surface area contributed by atoms with Crippen molar-refractivity contribution in [3.63, 3.8) is 0 Å². The van der Waals surface area contributed by atoms with Crippen molar-refractivity contribution in [2.75, 3.05) is 0 Å². The van der Waals surface area contributed by atoms with Crippen molar-refractivity contribution >= 4 is 21.7 Å². The minimum atomic E-state index is -3.80. The first-order valence-electron chi connectivity index (χ1n) is 5.90.